The average molecular weight is 311 g/mol. The number of benzene rings is 1. The van der Waals surface area contributed by atoms with Crippen LogP contribution in [0.5, 0.6) is 5.75 Å². The van der Waals surface area contributed by atoms with Gasteiger partial charge in [0.2, 0.25) is 0 Å². The van der Waals surface area contributed by atoms with E-state index in [4.69, 9.17) is 15.2 Å². The van der Waals surface area contributed by atoms with Crippen LogP contribution in [-0.2, 0) is 15.5 Å². The Kier molecular flexibility index (Phi) is 6.21. The van der Waals surface area contributed by atoms with Crippen molar-refractivity contribution in [1.82, 2.24) is 0 Å². The number of ether oxygens (including phenoxy) is 2. The van der Waals surface area contributed by atoms with Crippen LogP contribution in [0.25, 0.3) is 0 Å². The Hall–Kier alpha value is -0.910. The Labute approximate surface area is 129 Å². The van der Waals surface area contributed by atoms with Gasteiger partial charge in [-0.25, -0.2) is 0 Å². The van der Waals surface area contributed by atoms with Gasteiger partial charge in [-0.05, 0) is 44.4 Å². The highest BCUT2D eigenvalue weighted by molar-refractivity contribution is 7.85. The van der Waals surface area contributed by atoms with E-state index in [0.29, 0.717) is 11.5 Å². The summed E-state index contributed by atoms with van der Waals surface area (Å²) in [4.78, 5) is 0. The van der Waals surface area contributed by atoms with Gasteiger partial charge in [-0.2, -0.15) is 0 Å². The molecule has 0 saturated carbocycles. The molecule has 3 atom stereocenters. The molecule has 21 heavy (non-hydrogen) atoms. The number of hydrogen-bond acceptors (Lipinski definition) is 4. The van der Waals surface area contributed by atoms with Gasteiger partial charge in [0.1, 0.15) is 5.75 Å². The molecule has 1 aliphatic rings. The average Bonchev–Trinajstić information content (AvgIpc) is 2.91. The lowest BCUT2D eigenvalue weighted by Gasteiger charge is -2.15. The van der Waals surface area contributed by atoms with Crippen molar-refractivity contribution in [2.75, 3.05) is 18.1 Å². The van der Waals surface area contributed by atoms with E-state index in [1.807, 2.05) is 38.1 Å². The van der Waals surface area contributed by atoms with Crippen LogP contribution in [0.2, 0.25) is 0 Å². The molecule has 1 saturated heterocycles. The molecule has 5 heteroatoms. The molecule has 1 fully saturated rings. The predicted molar refractivity (Wildman–Crippen MR) is 86.0 cm³/mol. The fourth-order valence-corrected chi connectivity index (χ4v) is 3.82. The van der Waals surface area contributed by atoms with E-state index in [-0.39, 0.29) is 18.2 Å². The van der Waals surface area contributed by atoms with E-state index in [1.54, 1.807) is 0 Å². The summed E-state index contributed by atoms with van der Waals surface area (Å²) < 4.78 is 23.2. The van der Waals surface area contributed by atoms with E-state index in [0.717, 1.165) is 30.8 Å². The van der Waals surface area contributed by atoms with Gasteiger partial charge in [-0.3, -0.25) is 4.21 Å². The summed E-state index contributed by atoms with van der Waals surface area (Å²) in [5, 5.41) is 0. The Morgan fingerprint density at radius 3 is 2.67 bits per heavy atom. The van der Waals surface area contributed by atoms with Crippen LogP contribution >= 0.6 is 0 Å². The molecule has 0 bridgehead atoms. The van der Waals surface area contributed by atoms with Crippen LogP contribution < -0.4 is 10.5 Å². The monoisotopic (exact) mass is 311 g/mol. The quantitative estimate of drug-likeness (QED) is 0.840. The van der Waals surface area contributed by atoms with Gasteiger partial charge in [0.05, 0.1) is 12.2 Å². The van der Waals surface area contributed by atoms with Gasteiger partial charge in [-0.15, -0.1) is 0 Å². The van der Waals surface area contributed by atoms with Crippen LogP contribution in [0.4, 0.5) is 0 Å². The Balaban J connectivity index is 1.84. The summed E-state index contributed by atoms with van der Waals surface area (Å²) in [5.41, 5.74) is 7.14. The van der Waals surface area contributed by atoms with Crippen molar-refractivity contribution in [3.63, 3.8) is 0 Å². The Morgan fingerprint density at radius 1 is 1.38 bits per heavy atom. The van der Waals surface area contributed by atoms with Gasteiger partial charge in [0, 0.05) is 35.0 Å². The minimum atomic E-state index is -0.936. The van der Waals surface area contributed by atoms with Crippen molar-refractivity contribution >= 4 is 10.8 Å². The highest BCUT2D eigenvalue weighted by atomic mass is 32.2. The highest BCUT2D eigenvalue weighted by Crippen LogP contribution is 2.19. The maximum atomic E-state index is 12.1. The molecule has 2 N–H and O–H groups in total. The lowest BCUT2D eigenvalue weighted by Crippen LogP contribution is -2.24. The van der Waals surface area contributed by atoms with Crippen molar-refractivity contribution in [3.05, 3.63) is 29.8 Å². The summed E-state index contributed by atoms with van der Waals surface area (Å²) in [5.74, 6) is 1.91. The fourth-order valence-electron chi connectivity index (χ4n) is 2.41. The van der Waals surface area contributed by atoms with Crippen LogP contribution in [-0.4, -0.2) is 34.5 Å². The second-order valence-corrected chi connectivity index (χ2v) is 7.30. The molecule has 118 valence electrons. The lowest BCUT2D eigenvalue weighted by atomic mass is 10.1. The molecule has 0 spiro atoms. The van der Waals surface area contributed by atoms with E-state index in [1.165, 1.54) is 0 Å². The van der Waals surface area contributed by atoms with Gasteiger partial charge in [-0.1, -0.05) is 12.1 Å². The smallest absolute Gasteiger partial charge is 0.119 e. The largest absolute Gasteiger partial charge is 0.491 e. The van der Waals surface area contributed by atoms with Crippen molar-refractivity contribution in [2.45, 2.75) is 44.9 Å². The lowest BCUT2D eigenvalue weighted by molar-refractivity contribution is 0.128. The second kappa shape index (κ2) is 7.92. The molecule has 3 unspecified atom stereocenters. The summed E-state index contributed by atoms with van der Waals surface area (Å²) in [6, 6.07) is 7.52. The number of hydrogen-bond donors (Lipinski definition) is 1. The van der Waals surface area contributed by atoms with Gasteiger partial charge in [0.15, 0.2) is 0 Å². The van der Waals surface area contributed by atoms with E-state index in [9.17, 15) is 4.21 Å². The van der Waals surface area contributed by atoms with E-state index >= 15 is 0 Å². The number of nitrogens with two attached hydrogens (primary N) is 1. The van der Waals surface area contributed by atoms with E-state index < -0.39 is 10.8 Å². The number of rotatable bonds is 7. The first kappa shape index (κ1) is 16.5. The van der Waals surface area contributed by atoms with Gasteiger partial charge < -0.3 is 15.2 Å². The summed E-state index contributed by atoms with van der Waals surface area (Å²) >= 11 is 0. The molecule has 0 amide bonds. The van der Waals surface area contributed by atoms with Crippen LogP contribution in [0, 0.1) is 0 Å². The first-order chi connectivity index (χ1) is 10.0. The maximum absolute atomic E-state index is 12.1. The van der Waals surface area contributed by atoms with Crippen LogP contribution in [0.3, 0.4) is 0 Å². The third-order valence-electron chi connectivity index (χ3n) is 3.44. The SMILES string of the molecule is CC(C)Oc1ccc(C(N)CS(=O)CC2CCCO2)cc1. The van der Waals surface area contributed by atoms with Crippen molar-refractivity contribution in [1.29, 1.82) is 0 Å². The third-order valence-corrected chi connectivity index (χ3v) is 4.92. The molecule has 0 aliphatic carbocycles. The van der Waals surface area contributed by atoms with Gasteiger partial charge in [0.25, 0.3) is 0 Å². The summed E-state index contributed by atoms with van der Waals surface area (Å²) in [7, 11) is -0.936. The minimum Gasteiger partial charge on any atom is -0.491 e. The van der Waals surface area contributed by atoms with E-state index in [2.05, 4.69) is 0 Å². The standard InChI is InChI=1S/C16H25NO3S/c1-12(2)20-14-7-5-13(6-8-14)16(17)11-21(18)10-15-4-3-9-19-15/h5-8,12,15-16H,3-4,9-11,17H2,1-2H3. The Bertz CT molecular complexity index is 455. The zero-order valence-corrected chi connectivity index (χ0v) is 13.6. The van der Waals surface area contributed by atoms with Crippen LogP contribution in [0.15, 0.2) is 24.3 Å². The second-order valence-electron chi connectivity index (χ2n) is 5.75. The topological polar surface area (TPSA) is 61.5 Å². The van der Waals surface area contributed by atoms with Crippen molar-refractivity contribution in [3.8, 4) is 5.75 Å². The van der Waals surface area contributed by atoms with Crippen LogP contribution in [0.1, 0.15) is 38.3 Å². The highest BCUT2D eigenvalue weighted by Gasteiger charge is 2.20. The molecular formula is C16H25NO3S. The molecule has 0 aromatic heterocycles. The predicted octanol–water partition coefficient (Wildman–Crippen LogP) is 2.40. The third kappa shape index (κ3) is 5.41. The fraction of sp³-hybridized carbons (Fsp3) is 0.625. The normalized spacial score (nSPS) is 21.4. The molecule has 2 rings (SSSR count). The Morgan fingerprint density at radius 2 is 2.10 bits per heavy atom. The molecular weight excluding hydrogens is 286 g/mol. The zero-order valence-electron chi connectivity index (χ0n) is 12.8. The first-order valence-corrected chi connectivity index (χ1v) is 9.02. The minimum absolute atomic E-state index is 0.153. The maximum Gasteiger partial charge on any atom is 0.119 e. The zero-order chi connectivity index (χ0) is 15.2. The van der Waals surface area contributed by atoms with Gasteiger partial charge >= 0.3 is 0 Å². The van der Waals surface area contributed by atoms with Crippen molar-refractivity contribution < 1.29 is 13.7 Å². The molecule has 1 aromatic carbocycles. The molecule has 4 nitrogen and oxygen atoms in total. The van der Waals surface area contributed by atoms with Crippen molar-refractivity contribution in [2.24, 2.45) is 5.73 Å². The molecule has 1 aromatic rings. The summed E-state index contributed by atoms with van der Waals surface area (Å²) in [6.07, 6.45) is 2.40. The summed E-state index contributed by atoms with van der Waals surface area (Å²) in [6.45, 7) is 4.78. The molecule has 1 aliphatic heterocycles. The molecule has 1 heterocycles. The first-order valence-electron chi connectivity index (χ1n) is 7.53. The molecule has 0 radical (unpaired) electrons.